The zero-order valence-electron chi connectivity index (χ0n) is 20.1. The zero-order chi connectivity index (χ0) is 24.8. The predicted molar refractivity (Wildman–Crippen MR) is 118 cm³/mol. The van der Waals surface area contributed by atoms with Crippen LogP contribution < -0.4 is 4.74 Å². The summed E-state index contributed by atoms with van der Waals surface area (Å²) in [6.45, 7) is 7.64. The average Bonchev–Trinajstić information content (AvgIpc) is 3.39. The summed E-state index contributed by atoms with van der Waals surface area (Å²) < 4.78 is 42.2. The highest BCUT2D eigenvalue weighted by molar-refractivity contribution is 5.85. The molecule has 2 aromatic rings. The number of hydrogen-bond donors (Lipinski definition) is 1. The van der Waals surface area contributed by atoms with Crippen LogP contribution in [0, 0.1) is 10.8 Å². The van der Waals surface area contributed by atoms with Crippen molar-refractivity contribution >= 4 is 5.91 Å². The largest absolute Gasteiger partial charge is 0.468 e. The van der Waals surface area contributed by atoms with E-state index in [-0.39, 0.29) is 26.0 Å². The number of aromatic nitrogens is 3. The molecule has 0 spiro atoms. The lowest BCUT2D eigenvalue weighted by molar-refractivity contribution is -0.231. The Bertz CT molecular complexity index is 1010. The second-order valence-electron chi connectivity index (χ2n) is 11.2. The minimum atomic E-state index is -3.92. The highest BCUT2D eigenvalue weighted by Gasteiger charge is 2.65. The second-order valence-corrected chi connectivity index (χ2v) is 11.2. The maximum atomic E-state index is 15.7. The first-order chi connectivity index (χ1) is 15.8. The molecular weight excluding hydrogens is 446 g/mol. The Morgan fingerprint density at radius 2 is 1.97 bits per heavy atom. The van der Waals surface area contributed by atoms with Gasteiger partial charge < -0.3 is 19.3 Å². The van der Waals surface area contributed by atoms with Gasteiger partial charge in [0, 0.05) is 24.9 Å². The smallest absolute Gasteiger partial charge is 0.352 e. The molecule has 8 nitrogen and oxygen atoms in total. The van der Waals surface area contributed by atoms with Crippen molar-refractivity contribution in [3.8, 4) is 5.88 Å². The molecule has 1 saturated carbocycles. The van der Waals surface area contributed by atoms with Crippen molar-refractivity contribution in [1.82, 2.24) is 20.3 Å². The highest BCUT2D eigenvalue weighted by Crippen LogP contribution is 2.55. The van der Waals surface area contributed by atoms with Gasteiger partial charge >= 0.3 is 5.92 Å². The number of rotatable bonds is 6. The van der Waals surface area contributed by atoms with Crippen LogP contribution in [-0.2, 0) is 11.4 Å². The van der Waals surface area contributed by atoms with Gasteiger partial charge in [0.05, 0.1) is 6.04 Å². The third-order valence-corrected chi connectivity index (χ3v) is 6.69. The van der Waals surface area contributed by atoms with Gasteiger partial charge in [-0.2, -0.15) is 13.9 Å². The number of carbonyl (C=O) groups is 1. The molecule has 1 aliphatic carbocycles. The fraction of sp³-hybridized carbons (Fsp3) is 0.667. The molecule has 186 valence electrons. The van der Waals surface area contributed by atoms with Gasteiger partial charge in [-0.1, -0.05) is 32.9 Å². The minimum Gasteiger partial charge on any atom is -0.468 e. The Kier molecular flexibility index (Phi) is 6.16. The van der Waals surface area contributed by atoms with Crippen molar-refractivity contribution in [2.45, 2.75) is 84.0 Å². The van der Waals surface area contributed by atoms with Crippen LogP contribution in [-0.4, -0.2) is 49.3 Å². The van der Waals surface area contributed by atoms with E-state index in [9.17, 15) is 9.90 Å². The number of aliphatic hydroxyl groups is 1. The summed E-state index contributed by atoms with van der Waals surface area (Å²) in [5.41, 5.74) is -3.07. The van der Waals surface area contributed by atoms with E-state index in [0.29, 0.717) is 36.6 Å². The van der Waals surface area contributed by atoms with E-state index in [1.54, 1.807) is 18.2 Å². The summed E-state index contributed by atoms with van der Waals surface area (Å²) in [6.07, 6.45) is 2.96. The molecular formula is C24H32F2N4O4. The lowest BCUT2D eigenvalue weighted by Gasteiger charge is -2.51. The molecule has 1 saturated heterocycles. The van der Waals surface area contributed by atoms with E-state index < -0.39 is 34.3 Å². The van der Waals surface area contributed by atoms with E-state index in [1.165, 1.54) is 6.20 Å². The highest BCUT2D eigenvalue weighted by atomic mass is 19.3. The van der Waals surface area contributed by atoms with Gasteiger partial charge in [0.1, 0.15) is 11.3 Å². The average molecular weight is 479 g/mol. The zero-order valence-corrected chi connectivity index (χ0v) is 20.1. The molecule has 2 fully saturated rings. The Hall–Kier alpha value is -2.62. The summed E-state index contributed by atoms with van der Waals surface area (Å²) in [4.78, 5) is 14.3. The van der Waals surface area contributed by atoms with E-state index in [1.807, 2.05) is 27.7 Å². The standard InChI is InChI=1S/C24H32F2N4O4/c1-21(2)13-22(3,4)15-23(32,14-21)24(25,26)20(31)30-10-6-7-18(30)17-11-16(34-29-17)12-33-19-8-5-9-27-28-19/h5,8-9,11,18,32H,6-7,10,12-15H2,1-4H3/t18-/m0/s1. The van der Waals surface area contributed by atoms with Crippen LogP contribution in [0.3, 0.4) is 0 Å². The van der Waals surface area contributed by atoms with E-state index in [2.05, 4.69) is 15.4 Å². The maximum Gasteiger partial charge on any atom is 0.352 e. The predicted octanol–water partition coefficient (Wildman–Crippen LogP) is 4.31. The molecule has 0 aromatic carbocycles. The number of likely N-dealkylation sites (tertiary alicyclic amines) is 1. The van der Waals surface area contributed by atoms with Gasteiger partial charge in [0.25, 0.3) is 5.91 Å². The Balaban J connectivity index is 1.50. The quantitative estimate of drug-likeness (QED) is 0.660. The van der Waals surface area contributed by atoms with E-state index in [0.717, 1.165) is 4.90 Å². The van der Waals surface area contributed by atoms with Gasteiger partial charge in [0.2, 0.25) is 5.88 Å². The van der Waals surface area contributed by atoms with Crippen LogP contribution in [0.1, 0.15) is 77.3 Å². The van der Waals surface area contributed by atoms with Crippen molar-refractivity contribution < 1.29 is 27.9 Å². The Morgan fingerprint density at radius 3 is 2.62 bits per heavy atom. The molecule has 2 aliphatic rings. The molecule has 0 radical (unpaired) electrons. The van der Waals surface area contributed by atoms with Gasteiger partial charge in [0.15, 0.2) is 12.4 Å². The summed E-state index contributed by atoms with van der Waals surface area (Å²) >= 11 is 0. The molecule has 1 aliphatic heterocycles. The Morgan fingerprint density at radius 1 is 1.26 bits per heavy atom. The molecule has 4 rings (SSSR count). The molecule has 34 heavy (non-hydrogen) atoms. The molecule has 1 amide bonds. The Labute approximate surface area is 197 Å². The summed E-state index contributed by atoms with van der Waals surface area (Å²) in [5, 5.41) is 22.7. The number of carbonyl (C=O) groups excluding carboxylic acids is 1. The maximum absolute atomic E-state index is 15.7. The first-order valence-corrected chi connectivity index (χ1v) is 11.6. The number of nitrogens with zero attached hydrogens (tertiary/aromatic N) is 4. The number of alkyl halides is 2. The van der Waals surface area contributed by atoms with Crippen LogP contribution >= 0.6 is 0 Å². The van der Waals surface area contributed by atoms with Crippen molar-refractivity contribution in [2.24, 2.45) is 10.8 Å². The van der Waals surface area contributed by atoms with Crippen LogP contribution in [0.25, 0.3) is 0 Å². The van der Waals surface area contributed by atoms with E-state index >= 15 is 8.78 Å². The van der Waals surface area contributed by atoms with Crippen LogP contribution in [0.15, 0.2) is 28.9 Å². The van der Waals surface area contributed by atoms with Crippen molar-refractivity contribution in [3.05, 3.63) is 35.9 Å². The third kappa shape index (κ3) is 4.78. The third-order valence-electron chi connectivity index (χ3n) is 6.69. The first kappa shape index (κ1) is 24.5. The lowest BCUT2D eigenvalue weighted by atomic mass is 9.58. The van der Waals surface area contributed by atoms with E-state index in [4.69, 9.17) is 9.26 Å². The molecule has 10 heteroatoms. The van der Waals surface area contributed by atoms with Gasteiger partial charge in [-0.3, -0.25) is 4.79 Å². The van der Waals surface area contributed by atoms with Crippen LogP contribution in [0.2, 0.25) is 0 Å². The molecule has 1 N–H and O–H groups in total. The second kappa shape index (κ2) is 8.55. The molecule has 2 aromatic heterocycles. The van der Waals surface area contributed by atoms with Crippen molar-refractivity contribution in [3.63, 3.8) is 0 Å². The number of halogens is 2. The molecule has 0 bridgehead atoms. The van der Waals surface area contributed by atoms with Gasteiger partial charge in [-0.15, -0.1) is 5.10 Å². The van der Waals surface area contributed by atoms with Crippen LogP contribution in [0.5, 0.6) is 5.88 Å². The minimum absolute atomic E-state index is 0.0342. The lowest BCUT2D eigenvalue weighted by Crippen LogP contribution is -2.62. The summed E-state index contributed by atoms with van der Waals surface area (Å²) in [5.74, 6) is -4.59. The fourth-order valence-corrected chi connectivity index (χ4v) is 6.05. The monoisotopic (exact) mass is 478 g/mol. The number of amides is 1. The summed E-state index contributed by atoms with van der Waals surface area (Å²) in [6, 6.07) is 4.27. The molecule has 1 atom stereocenters. The van der Waals surface area contributed by atoms with Gasteiger partial charge in [-0.25, -0.2) is 0 Å². The fourth-order valence-electron chi connectivity index (χ4n) is 6.05. The summed E-state index contributed by atoms with van der Waals surface area (Å²) in [7, 11) is 0. The molecule has 0 unspecified atom stereocenters. The van der Waals surface area contributed by atoms with Gasteiger partial charge in [-0.05, 0) is 49.0 Å². The normalized spacial score (nSPS) is 23.6. The van der Waals surface area contributed by atoms with Crippen molar-refractivity contribution in [2.75, 3.05) is 6.54 Å². The number of ether oxygens (including phenoxy) is 1. The first-order valence-electron chi connectivity index (χ1n) is 11.6. The SMILES string of the molecule is CC1(C)CC(C)(C)CC(O)(C(F)(F)C(=O)N2CCC[C@H]2c2cc(COc3cccnn3)on2)C1. The molecule has 3 heterocycles. The topological polar surface area (TPSA) is 102 Å². The van der Waals surface area contributed by atoms with Crippen LogP contribution in [0.4, 0.5) is 8.78 Å². The van der Waals surface area contributed by atoms with Crippen molar-refractivity contribution in [1.29, 1.82) is 0 Å². The number of hydrogen-bond acceptors (Lipinski definition) is 7.